The minimum absolute atomic E-state index is 0.0282. The zero-order chi connectivity index (χ0) is 15.1. The van der Waals surface area contributed by atoms with Crippen LogP contribution in [0.15, 0.2) is 60.8 Å². The fraction of sp³-hybridized carbons (Fsp3) is 0.111. The highest BCUT2D eigenvalue weighted by Crippen LogP contribution is 2.33. The van der Waals surface area contributed by atoms with Gasteiger partial charge in [0.25, 0.3) is 0 Å². The summed E-state index contributed by atoms with van der Waals surface area (Å²) in [5.41, 5.74) is 4.65. The Bertz CT molecular complexity index is 841. The summed E-state index contributed by atoms with van der Waals surface area (Å²) in [5.74, 6) is 0.109. The summed E-state index contributed by atoms with van der Waals surface area (Å²) in [6, 6.07) is 17.9. The number of rotatable bonds is 1. The number of nitrogens with zero attached hydrogens (tertiary/aromatic N) is 1. The van der Waals surface area contributed by atoms with Crippen LogP contribution in [0.1, 0.15) is 22.9 Å². The van der Waals surface area contributed by atoms with Crippen LogP contribution < -0.4 is 5.32 Å². The summed E-state index contributed by atoms with van der Waals surface area (Å²) >= 11 is 6.08. The predicted octanol–water partition coefficient (Wildman–Crippen LogP) is 4.03. The third kappa shape index (κ3) is 2.10. The number of phenols is 1. The summed E-state index contributed by atoms with van der Waals surface area (Å²) < 4.78 is 2.21. The molecule has 0 saturated heterocycles. The van der Waals surface area contributed by atoms with Crippen molar-refractivity contribution in [3.63, 3.8) is 0 Å². The summed E-state index contributed by atoms with van der Waals surface area (Å²) in [5, 5.41) is 13.6. The van der Waals surface area contributed by atoms with Crippen LogP contribution in [0, 0.1) is 0 Å². The quantitative estimate of drug-likeness (QED) is 0.712. The predicted molar refractivity (Wildman–Crippen MR) is 87.6 cm³/mol. The lowest BCUT2D eigenvalue weighted by atomic mass is 10.0. The van der Waals surface area contributed by atoms with Gasteiger partial charge in [0, 0.05) is 24.1 Å². The molecule has 3 nitrogen and oxygen atoms in total. The highest BCUT2D eigenvalue weighted by molar-refractivity contribution is 6.32. The van der Waals surface area contributed by atoms with Gasteiger partial charge in [-0.3, -0.25) is 0 Å². The van der Waals surface area contributed by atoms with E-state index in [9.17, 15) is 5.11 Å². The van der Waals surface area contributed by atoms with Crippen LogP contribution in [0.25, 0.3) is 5.69 Å². The minimum atomic E-state index is 0.0282. The molecule has 2 aromatic carbocycles. The highest BCUT2D eigenvalue weighted by Gasteiger charge is 2.23. The molecule has 1 aliphatic rings. The molecular weight excluding hydrogens is 296 g/mol. The number of benzene rings is 2. The van der Waals surface area contributed by atoms with Crippen molar-refractivity contribution in [3.05, 3.63) is 82.6 Å². The molecule has 0 fully saturated rings. The molecule has 1 aromatic heterocycles. The van der Waals surface area contributed by atoms with Crippen LogP contribution in [-0.2, 0) is 6.54 Å². The first-order chi connectivity index (χ1) is 10.7. The van der Waals surface area contributed by atoms with E-state index in [1.807, 2.05) is 18.2 Å². The van der Waals surface area contributed by atoms with Crippen molar-refractivity contribution >= 4 is 11.6 Å². The molecular formula is C18H15ClN2O. The summed E-state index contributed by atoms with van der Waals surface area (Å²) in [7, 11) is 0. The third-order valence-electron chi connectivity index (χ3n) is 4.13. The smallest absolute Gasteiger partial charge is 0.134 e. The molecule has 0 unspecified atom stereocenters. The van der Waals surface area contributed by atoms with Crippen LogP contribution >= 0.6 is 11.6 Å². The molecule has 1 aliphatic heterocycles. The Labute approximate surface area is 133 Å². The van der Waals surface area contributed by atoms with Crippen molar-refractivity contribution in [2.24, 2.45) is 0 Å². The molecule has 110 valence electrons. The number of para-hydroxylation sites is 1. The van der Waals surface area contributed by atoms with Crippen molar-refractivity contribution in [3.8, 4) is 11.4 Å². The summed E-state index contributed by atoms with van der Waals surface area (Å²) in [6.45, 7) is 0.779. The van der Waals surface area contributed by atoms with Gasteiger partial charge in [0.15, 0.2) is 0 Å². The molecule has 0 spiro atoms. The van der Waals surface area contributed by atoms with Gasteiger partial charge in [-0.15, -0.1) is 0 Å². The maximum atomic E-state index is 9.64. The van der Waals surface area contributed by atoms with Gasteiger partial charge in [-0.25, -0.2) is 0 Å². The lowest BCUT2D eigenvalue weighted by molar-refractivity contribution is 0.475. The van der Waals surface area contributed by atoms with Crippen LogP contribution in [0.4, 0.5) is 0 Å². The number of nitrogens with one attached hydrogen (secondary N) is 1. The fourth-order valence-electron chi connectivity index (χ4n) is 3.05. The van der Waals surface area contributed by atoms with Crippen molar-refractivity contribution in [2.45, 2.75) is 12.6 Å². The Morgan fingerprint density at radius 2 is 1.95 bits per heavy atom. The molecule has 22 heavy (non-hydrogen) atoms. The van der Waals surface area contributed by atoms with Gasteiger partial charge in [0.05, 0.1) is 11.1 Å². The Hall–Kier alpha value is -2.23. The number of phenolic OH excluding ortho intramolecular Hbond substituents is 1. The van der Waals surface area contributed by atoms with E-state index in [4.69, 9.17) is 11.6 Å². The fourth-order valence-corrected chi connectivity index (χ4v) is 3.24. The van der Waals surface area contributed by atoms with Crippen molar-refractivity contribution in [1.82, 2.24) is 9.88 Å². The average molecular weight is 311 g/mol. The third-order valence-corrected chi connectivity index (χ3v) is 4.43. The largest absolute Gasteiger partial charge is 0.506 e. The molecule has 0 radical (unpaired) electrons. The number of hydrogen-bond acceptors (Lipinski definition) is 2. The second-order valence-corrected chi connectivity index (χ2v) is 5.86. The zero-order valence-electron chi connectivity index (χ0n) is 11.8. The minimum Gasteiger partial charge on any atom is -0.506 e. The van der Waals surface area contributed by atoms with E-state index in [1.54, 1.807) is 6.07 Å². The molecule has 2 N–H and O–H groups in total. The van der Waals surface area contributed by atoms with Gasteiger partial charge >= 0.3 is 0 Å². The number of hydrogen-bond donors (Lipinski definition) is 2. The van der Waals surface area contributed by atoms with Gasteiger partial charge in [-0.05, 0) is 41.5 Å². The Balaban J connectivity index is 1.86. The van der Waals surface area contributed by atoms with Crippen LogP contribution in [0.5, 0.6) is 5.75 Å². The second-order valence-electron chi connectivity index (χ2n) is 5.46. The lowest BCUT2D eigenvalue weighted by Gasteiger charge is -2.18. The molecule has 0 aliphatic carbocycles. The summed E-state index contributed by atoms with van der Waals surface area (Å²) in [4.78, 5) is 0. The van der Waals surface area contributed by atoms with Crippen LogP contribution in [0.2, 0.25) is 5.02 Å². The number of fused-ring (bicyclic) bond motifs is 3. The monoisotopic (exact) mass is 310 g/mol. The first kappa shape index (κ1) is 13.4. The van der Waals surface area contributed by atoms with Crippen LogP contribution in [0.3, 0.4) is 0 Å². The molecule has 4 heteroatoms. The molecule has 1 atom stereocenters. The molecule has 3 aromatic rings. The van der Waals surface area contributed by atoms with Crippen molar-refractivity contribution < 1.29 is 5.11 Å². The molecule has 0 saturated carbocycles. The van der Waals surface area contributed by atoms with Gasteiger partial charge < -0.3 is 15.0 Å². The Morgan fingerprint density at radius 1 is 1.09 bits per heavy atom. The SMILES string of the molecule is Oc1ccc([C@@H]2NCc3ccccc3-n3cccc32)cc1Cl. The normalized spacial score (nSPS) is 16.7. The maximum Gasteiger partial charge on any atom is 0.134 e. The van der Waals surface area contributed by atoms with E-state index in [1.165, 1.54) is 11.3 Å². The van der Waals surface area contributed by atoms with Crippen LogP contribution in [-0.4, -0.2) is 9.67 Å². The first-order valence-electron chi connectivity index (χ1n) is 7.21. The second kappa shape index (κ2) is 5.20. The molecule has 4 rings (SSSR count). The maximum absolute atomic E-state index is 9.64. The zero-order valence-corrected chi connectivity index (χ0v) is 12.6. The number of aromatic nitrogens is 1. The lowest BCUT2D eigenvalue weighted by Crippen LogP contribution is -2.21. The van der Waals surface area contributed by atoms with Crippen molar-refractivity contribution in [1.29, 1.82) is 0 Å². The molecule has 0 amide bonds. The Kier molecular flexibility index (Phi) is 3.17. The van der Waals surface area contributed by atoms with E-state index in [-0.39, 0.29) is 11.8 Å². The van der Waals surface area contributed by atoms with Gasteiger partial charge in [-0.1, -0.05) is 35.9 Å². The standard InChI is InChI=1S/C18H15ClN2O/c19-14-10-12(7-8-17(14)22)18-16-6-3-9-21(16)15-5-2-1-4-13(15)11-20-18/h1-10,18,20,22H,11H2/t18-/m0/s1. The highest BCUT2D eigenvalue weighted by atomic mass is 35.5. The first-order valence-corrected chi connectivity index (χ1v) is 7.59. The number of aromatic hydroxyl groups is 1. The Morgan fingerprint density at radius 3 is 2.82 bits per heavy atom. The van der Waals surface area contributed by atoms with Crippen molar-refractivity contribution in [2.75, 3.05) is 0 Å². The van der Waals surface area contributed by atoms with E-state index in [2.05, 4.69) is 46.4 Å². The van der Waals surface area contributed by atoms with Gasteiger partial charge in [0.2, 0.25) is 0 Å². The van der Waals surface area contributed by atoms with Gasteiger partial charge in [-0.2, -0.15) is 0 Å². The van der Waals surface area contributed by atoms with E-state index >= 15 is 0 Å². The average Bonchev–Trinajstić information content (AvgIpc) is 2.95. The van der Waals surface area contributed by atoms with E-state index < -0.39 is 0 Å². The number of halogens is 1. The molecule has 2 heterocycles. The van der Waals surface area contributed by atoms with Gasteiger partial charge in [0.1, 0.15) is 5.75 Å². The van der Waals surface area contributed by atoms with E-state index in [0.717, 1.165) is 17.8 Å². The summed E-state index contributed by atoms with van der Waals surface area (Å²) in [6.07, 6.45) is 2.08. The molecule has 0 bridgehead atoms. The van der Waals surface area contributed by atoms with E-state index in [0.29, 0.717) is 5.02 Å². The topological polar surface area (TPSA) is 37.2 Å².